The second kappa shape index (κ2) is 9.72. The Morgan fingerprint density at radius 3 is 2.36 bits per heavy atom. The average molecular weight is 446 g/mol. The maximum atomic E-state index is 6.20. The van der Waals surface area contributed by atoms with Crippen LogP contribution in [0.1, 0.15) is 31.3 Å². The monoisotopic (exact) mass is 445 g/mol. The first kappa shape index (κ1) is 22.3. The SMILES string of the molecule is COc1ccc([C@@H](C)[C@H](C)COc2nc(C)ncc2-c2ccc(-c3nnnn3C)cc2)nc1. The van der Waals surface area contributed by atoms with Crippen molar-refractivity contribution in [2.75, 3.05) is 13.7 Å². The zero-order valence-corrected chi connectivity index (χ0v) is 19.4. The van der Waals surface area contributed by atoms with Gasteiger partial charge in [-0.15, -0.1) is 5.10 Å². The lowest BCUT2D eigenvalue weighted by Crippen LogP contribution is -2.17. The summed E-state index contributed by atoms with van der Waals surface area (Å²) >= 11 is 0. The minimum absolute atomic E-state index is 0.210. The highest BCUT2D eigenvalue weighted by Gasteiger charge is 2.19. The van der Waals surface area contributed by atoms with Gasteiger partial charge in [0, 0.05) is 30.4 Å². The van der Waals surface area contributed by atoms with Crippen LogP contribution < -0.4 is 9.47 Å². The van der Waals surface area contributed by atoms with Crippen molar-refractivity contribution in [1.82, 2.24) is 35.2 Å². The first-order valence-electron chi connectivity index (χ1n) is 10.8. The largest absolute Gasteiger partial charge is 0.495 e. The normalized spacial score (nSPS) is 12.9. The fourth-order valence-electron chi connectivity index (χ4n) is 3.46. The molecule has 3 heterocycles. The molecule has 0 aliphatic heterocycles. The number of hydrogen-bond donors (Lipinski definition) is 0. The molecule has 0 saturated heterocycles. The molecule has 4 rings (SSSR count). The van der Waals surface area contributed by atoms with Crippen molar-refractivity contribution in [1.29, 1.82) is 0 Å². The number of hydrogen-bond acceptors (Lipinski definition) is 8. The Labute approximate surface area is 192 Å². The summed E-state index contributed by atoms with van der Waals surface area (Å²) in [5, 5.41) is 11.6. The van der Waals surface area contributed by atoms with Crippen molar-refractivity contribution in [3.63, 3.8) is 0 Å². The van der Waals surface area contributed by atoms with Crippen LogP contribution in [-0.2, 0) is 7.05 Å². The Morgan fingerprint density at radius 1 is 0.970 bits per heavy atom. The van der Waals surface area contributed by atoms with Crippen LogP contribution in [0.25, 0.3) is 22.5 Å². The van der Waals surface area contributed by atoms with E-state index in [0.717, 1.165) is 28.1 Å². The van der Waals surface area contributed by atoms with Gasteiger partial charge in [0.05, 0.1) is 25.5 Å². The summed E-state index contributed by atoms with van der Waals surface area (Å²) in [5.74, 6) is 3.11. The van der Waals surface area contributed by atoms with Gasteiger partial charge in [-0.3, -0.25) is 4.98 Å². The summed E-state index contributed by atoms with van der Waals surface area (Å²) in [6, 6.07) is 11.9. The van der Waals surface area contributed by atoms with Gasteiger partial charge in [0.1, 0.15) is 11.6 Å². The van der Waals surface area contributed by atoms with E-state index in [1.54, 1.807) is 24.2 Å². The molecule has 170 valence electrons. The van der Waals surface area contributed by atoms with E-state index in [1.165, 1.54) is 0 Å². The van der Waals surface area contributed by atoms with Gasteiger partial charge in [-0.1, -0.05) is 38.1 Å². The molecule has 3 aromatic heterocycles. The Morgan fingerprint density at radius 2 is 1.73 bits per heavy atom. The zero-order valence-electron chi connectivity index (χ0n) is 19.4. The number of rotatable bonds is 8. The van der Waals surface area contributed by atoms with Gasteiger partial charge in [0.15, 0.2) is 5.82 Å². The van der Waals surface area contributed by atoms with Gasteiger partial charge in [-0.05, 0) is 41.0 Å². The number of ether oxygens (including phenoxy) is 2. The van der Waals surface area contributed by atoms with E-state index in [0.29, 0.717) is 24.1 Å². The zero-order chi connectivity index (χ0) is 23.4. The number of nitrogens with zero attached hydrogens (tertiary/aromatic N) is 7. The molecule has 0 unspecified atom stereocenters. The minimum atomic E-state index is 0.210. The number of pyridine rings is 1. The van der Waals surface area contributed by atoms with Crippen LogP contribution in [0.15, 0.2) is 48.8 Å². The molecular formula is C24H27N7O2. The fraction of sp³-hybridized carbons (Fsp3) is 0.333. The predicted octanol–water partition coefficient (Wildman–Crippen LogP) is 3.86. The molecule has 9 nitrogen and oxygen atoms in total. The molecule has 2 atom stereocenters. The quantitative estimate of drug-likeness (QED) is 0.403. The molecule has 0 radical (unpaired) electrons. The van der Waals surface area contributed by atoms with Crippen LogP contribution in [0.5, 0.6) is 11.6 Å². The molecule has 0 fully saturated rings. The summed E-state index contributed by atoms with van der Waals surface area (Å²) in [7, 11) is 3.45. The molecule has 4 aromatic rings. The topological polar surface area (TPSA) is 101 Å². The third-order valence-corrected chi connectivity index (χ3v) is 5.75. The highest BCUT2D eigenvalue weighted by atomic mass is 16.5. The summed E-state index contributed by atoms with van der Waals surface area (Å²) in [6.07, 6.45) is 3.54. The molecule has 33 heavy (non-hydrogen) atoms. The van der Waals surface area contributed by atoms with Gasteiger partial charge in [0.2, 0.25) is 5.88 Å². The van der Waals surface area contributed by atoms with Crippen LogP contribution in [0, 0.1) is 12.8 Å². The van der Waals surface area contributed by atoms with Crippen LogP contribution in [0.3, 0.4) is 0 Å². The van der Waals surface area contributed by atoms with Crippen LogP contribution in [0.4, 0.5) is 0 Å². The van der Waals surface area contributed by atoms with Crippen LogP contribution in [-0.4, -0.2) is 48.9 Å². The third-order valence-electron chi connectivity index (χ3n) is 5.75. The summed E-state index contributed by atoms with van der Waals surface area (Å²) < 4.78 is 13.0. The maximum Gasteiger partial charge on any atom is 0.224 e. The number of aryl methyl sites for hydroxylation is 2. The Bertz CT molecular complexity index is 1210. The first-order chi connectivity index (χ1) is 16.0. The van der Waals surface area contributed by atoms with E-state index in [2.05, 4.69) is 44.3 Å². The highest BCUT2D eigenvalue weighted by Crippen LogP contribution is 2.31. The third kappa shape index (κ3) is 4.97. The molecule has 0 aliphatic rings. The molecule has 9 heteroatoms. The number of aromatic nitrogens is 7. The number of benzene rings is 1. The lowest BCUT2D eigenvalue weighted by Gasteiger charge is -2.20. The maximum absolute atomic E-state index is 6.20. The lowest BCUT2D eigenvalue weighted by atomic mass is 9.93. The molecular weight excluding hydrogens is 418 g/mol. The Kier molecular flexibility index (Phi) is 6.58. The molecule has 0 saturated carbocycles. The van der Waals surface area contributed by atoms with Crippen molar-refractivity contribution in [2.45, 2.75) is 26.7 Å². The highest BCUT2D eigenvalue weighted by molar-refractivity contribution is 5.70. The molecule has 0 spiro atoms. The fourth-order valence-corrected chi connectivity index (χ4v) is 3.46. The number of methoxy groups -OCH3 is 1. The Balaban J connectivity index is 1.50. The van der Waals surface area contributed by atoms with Crippen LogP contribution >= 0.6 is 0 Å². The van der Waals surface area contributed by atoms with Gasteiger partial charge < -0.3 is 9.47 Å². The van der Waals surface area contributed by atoms with Crippen molar-refractivity contribution < 1.29 is 9.47 Å². The summed E-state index contributed by atoms with van der Waals surface area (Å²) in [5.41, 5.74) is 3.73. The van der Waals surface area contributed by atoms with Crippen molar-refractivity contribution in [3.05, 3.63) is 60.3 Å². The standard InChI is InChI=1S/C24H27N7O2/c1-15(16(2)22-11-10-20(32-5)12-26-22)14-33-24-21(13-25-17(3)27-24)18-6-8-19(9-7-18)23-28-29-30-31(23)4/h6-13,15-16H,14H2,1-5H3/t15-,16+/m1/s1. The van der Waals surface area contributed by atoms with Gasteiger partial charge >= 0.3 is 0 Å². The van der Waals surface area contributed by atoms with E-state index in [4.69, 9.17) is 9.47 Å². The molecule has 0 amide bonds. The van der Waals surface area contributed by atoms with E-state index in [1.807, 2.05) is 50.4 Å². The molecule has 1 aromatic carbocycles. The first-order valence-corrected chi connectivity index (χ1v) is 10.8. The van der Waals surface area contributed by atoms with E-state index >= 15 is 0 Å². The van der Waals surface area contributed by atoms with E-state index in [-0.39, 0.29) is 11.8 Å². The van der Waals surface area contributed by atoms with Gasteiger partial charge in [-0.25, -0.2) is 9.67 Å². The Hall–Kier alpha value is -3.88. The summed E-state index contributed by atoms with van der Waals surface area (Å²) in [6.45, 7) is 6.65. The average Bonchev–Trinajstić information content (AvgIpc) is 3.28. The second-order valence-electron chi connectivity index (χ2n) is 8.04. The smallest absolute Gasteiger partial charge is 0.224 e. The van der Waals surface area contributed by atoms with Gasteiger partial charge in [-0.2, -0.15) is 4.98 Å². The van der Waals surface area contributed by atoms with E-state index in [9.17, 15) is 0 Å². The predicted molar refractivity (Wildman–Crippen MR) is 124 cm³/mol. The van der Waals surface area contributed by atoms with Gasteiger partial charge in [0.25, 0.3) is 0 Å². The molecule has 0 aliphatic carbocycles. The van der Waals surface area contributed by atoms with Crippen molar-refractivity contribution in [2.24, 2.45) is 13.0 Å². The number of tetrazole rings is 1. The minimum Gasteiger partial charge on any atom is -0.495 e. The summed E-state index contributed by atoms with van der Waals surface area (Å²) in [4.78, 5) is 13.5. The molecule has 0 N–H and O–H groups in total. The van der Waals surface area contributed by atoms with Crippen LogP contribution in [0.2, 0.25) is 0 Å². The lowest BCUT2D eigenvalue weighted by molar-refractivity contribution is 0.233. The molecule has 0 bridgehead atoms. The second-order valence-corrected chi connectivity index (χ2v) is 8.04. The van der Waals surface area contributed by atoms with Crippen molar-refractivity contribution in [3.8, 4) is 34.1 Å². The van der Waals surface area contributed by atoms with Crippen molar-refractivity contribution >= 4 is 0 Å². The van der Waals surface area contributed by atoms with E-state index < -0.39 is 0 Å².